The molecule has 3 aromatic rings. The summed E-state index contributed by atoms with van der Waals surface area (Å²) >= 11 is 0. The normalized spacial score (nSPS) is 19.5. The molecule has 1 aliphatic rings. The number of carbonyl (C=O) groups excluding carboxylic acids is 1. The number of amides is 1. The van der Waals surface area contributed by atoms with Gasteiger partial charge in [-0.05, 0) is 36.8 Å². The number of likely N-dealkylation sites (tertiary alicyclic amines) is 1. The van der Waals surface area contributed by atoms with E-state index in [9.17, 15) is 9.90 Å². The van der Waals surface area contributed by atoms with Crippen molar-refractivity contribution in [3.05, 3.63) is 47.8 Å². The van der Waals surface area contributed by atoms with Crippen molar-refractivity contribution in [1.29, 1.82) is 0 Å². The molecule has 1 atom stereocenters. The first-order valence-corrected chi connectivity index (χ1v) is 8.80. The molecule has 1 fully saturated rings. The van der Waals surface area contributed by atoms with Gasteiger partial charge in [0.25, 0.3) is 5.91 Å². The molecule has 1 aliphatic heterocycles. The molecule has 7 nitrogen and oxygen atoms in total. The quantitative estimate of drug-likeness (QED) is 0.626. The fourth-order valence-corrected chi connectivity index (χ4v) is 3.19. The lowest BCUT2D eigenvalue weighted by atomic mass is 9.99. The van der Waals surface area contributed by atoms with Crippen LogP contribution in [-0.2, 0) is 4.79 Å². The van der Waals surface area contributed by atoms with E-state index in [-0.39, 0.29) is 24.4 Å². The van der Waals surface area contributed by atoms with E-state index in [0.717, 1.165) is 11.1 Å². The number of anilines is 1. The Kier molecular flexibility index (Phi) is 3.92. The molecule has 28 heavy (non-hydrogen) atoms. The van der Waals surface area contributed by atoms with Crippen molar-refractivity contribution < 1.29 is 11.3 Å². The number of pyridine rings is 1. The van der Waals surface area contributed by atoms with Crippen molar-refractivity contribution in [1.82, 2.24) is 19.9 Å². The number of likely N-dealkylation sites (N-methyl/N-ethyl adjacent to an activating group) is 1. The molecule has 1 amide bonds. The Balaban J connectivity index is 1.74. The van der Waals surface area contributed by atoms with E-state index in [4.69, 9.17) is 7.10 Å². The molecule has 1 aromatic carbocycles. The van der Waals surface area contributed by atoms with Crippen molar-refractivity contribution in [2.45, 2.75) is 18.9 Å². The number of aryl methyl sites for hydroxylation is 1. The lowest BCUT2D eigenvalue weighted by molar-refractivity contribution is -0.137. The Labute approximate surface area is 163 Å². The molecule has 0 radical (unpaired) electrons. The van der Waals surface area contributed by atoms with Crippen LogP contribution in [0.5, 0.6) is 0 Å². The van der Waals surface area contributed by atoms with Crippen LogP contribution in [0.1, 0.15) is 18.9 Å². The van der Waals surface area contributed by atoms with Crippen LogP contribution in [0, 0.1) is 18.8 Å². The number of carbonyl (C=O) groups is 1. The summed E-state index contributed by atoms with van der Waals surface area (Å²) in [6.45, 7) is 2.43. The van der Waals surface area contributed by atoms with Gasteiger partial charge in [-0.2, -0.15) is 0 Å². The number of nitrogens with two attached hydrogens (primary N) is 1. The average Bonchev–Trinajstić information content (AvgIpc) is 2.95. The molecule has 140 valence electrons. The summed E-state index contributed by atoms with van der Waals surface area (Å²) in [4.78, 5) is 26.0. The standard InChI is InChI=1S/C21H19N5O2/c1-13-3-4-14(7-8-21(28)9-10-26(2)20(21)27)11-15(13)16-5-6-17-18(25-16)19(22)24-12-23-17/h3-6,11-12,28H,9-10H2,1-2H3,(H2,22,23,24)/i12D. The van der Waals surface area contributed by atoms with Crippen molar-refractivity contribution >= 4 is 22.8 Å². The minimum absolute atomic E-state index is 0.150. The van der Waals surface area contributed by atoms with E-state index in [1.807, 2.05) is 25.1 Å². The number of benzene rings is 1. The second kappa shape index (κ2) is 6.59. The number of aliphatic hydroxyl groups is 1. The van der Waals surface area contributed by atoms with Crippen LogP contribution >= 0.6 is 0 Å². The maximum atomic E-state index is 12.1. The fourth-order valence-electron chi connectivity index (χ4n) is 3.19. The van der Waals surface area contributed by atoms with Crippen LogP contribution in [0.4, 0.5) is 5.82 Å². The van der Waals surface area contributed by atoms with Gasteiger partial charge < -0.3 is 15.7 Å². The summed E-state index contributed by atoms with van der Waals surface area (Å²) in [5, 5.41) is 10.5. The van der Waals surface area contributed by atoms with Gasteiger partial charge in [0, 0.05) is 31.1 Å². The molecule has 0 spiro atoms. The van der Waals surface area contributed by atoms with Gasteiger partial charge in [-0.1, -0.05) is 17.9 Å². The first-order chi connectivity index (χ1) is 13.8. The fraction of sp³-hybridized carbons (Fsp3) is 0.238. The van der Waals surface area contributed by atoms with Crippen molar-refractivity contribution in [2.75, 3.05) is 19.3 Å². The number of nitrogens with zero attached hydrogens (tertiary/aromatic N) is 4. The van der Waals surface area contributed by atoms with Gasteiger partial charge >= 0.3 is 0 Å². The third-order valence-corrected chi connectivity index (χ3v) is 4.89. The summed E-state index contributed by atoms with van der Waals surface area (Å²) in [6, 6.07) is 9.16. The zero-order valence-corrected chi connectivity index (χ0v) is 15.5. The smallest absolute Gasteiger partial charge is 0.267 e. The van der Waals surface area contributed by atoms with E-state index in [0.29, 0.717) is 28.8 Å². The Bertz CT molecular complexity index is 1220. The molecule has 7 heteroatoms. The molecule has 0 aliphatic carbocycles. The topological polar surface area (TPSA) is 105 Å². The predicted molar refractivity (Wildman–Crippen MR) is 106 cm³/mol. The molecule has 2 aromatic heterocycles. The summed E-state index contributed by atoms with van der Waals surface area (Å²) in [5.74, 6) is 5.43. The zero-order chi connectivity index (χ0) is 20.8. The van der Waals surface area contributed by atoms with E-state index < -0.39 is 5.60 Å². The summed E-state index contributed by atoms with van der Waals surface area (Å²) < 4.78 is 7.56. The highest BCUT2D eigenvalue weighted by Crippen LogP contribution is 2.26. The Morgan fingerprint density at radius 1 is 1.32 bits per heavy atom. The number of fused-ring (bicyclic) bond motifs is 1. The maximum Gasteiger partial charge on any atom is 0.267 e. The average molecular weight is 374 g/mol. The molecule has 3 heterocycles. The first kappa shape index (κ1) is 16.7. The zero-order valence-electron chi connectivity index (χ0n) is 16.5. The monoisotopic (exact) mass is 374 g/mol. The minimum Gasteiger partial charge on any atom is -0.382 e. The van der Waals surface area contributed by atoms with Crippen LogP contribution in [0.15, 0.2) is 36.6 Å². The molecule has 1 unspecified atom stereocenters. The van der Waals surface area contributed by atoms with Gasteiger partial charge in [-0.15, -0.1) is 0 Å². The van der Waals surface area contributed by atoms with E-state index >= 15 is 0 Å². The third kappa shape index (κ3) is 3.04. The predicted octanol–water partition coefficient (Wildman–Crippen LogP) is 1.53. The Hall–Kier alpha value is -3.50. The second-order valence-electron chi connectivity index (χ2n) is 6.89. The van der Waals surface area contributed by atoms with Crippen LogP contribution in [0.3, 0.4) is 0 Å². The highest BCUT2D eigenvalue weighted by molar-refractivity contribution is 5.90. The molecule has 0 saturated carbocycles. The van der Waals surface area contributed by atoms with Gasteiger partial charge in [0.05, 0.1) is 11.2 Å². The Morgan fingerprint density at radius 2 is 2.14 bits per heavy atom. The number of hydrogen-bond donors (Lipinski definition) is 2. The van der Waals surface area contributed by atoms with Gasteiger partial charge in [0.1, 0.15) is 13.2 Å². The van der Waals surface area contributed by atoms with Crippen LogP contribution in [0.25, 0.3) is 22.3 Å². The molecule has 3 N–H and O–H groups in total. The number of rotatable bonds is 1. The van der Waals surface area contributed by atoms with Crippen LogP contribution in [0.2, 0.25) is 0 Å². The summed E-state index contributed by atoms with van der Waals surface area (Å²) in [6.07, 6.45) is 0.139. The number of nitrogen functional groups attached to an aromatic ring is 1. The SMILES string of the molecule is [2H]c1nc(N)c2nc(-c3cc(C#CC4(O)CCN(C)C4=O)ccc3C)ccc2n1. The lowest BCUT2D eigenvalue weighted by Crippen LogP contribution is -2.37. The minimum atomic E-state index is -1.64. The van der Waals surface area contributed by atoms with Gasteiger partial charge in [0.15, 0.2) is 5.82 Å². The maximum absolute atomic E-state index is 12.1. The van der Waals surface area contributed by atoms with Crippen LogP contribution in [-0.4, -0.2) is 50.1 Å². The Morgan fingerprint density at radius 3 is 2.89 bits per heavy atom. The van der Waals surface area contributed by atoms with Crippen molar-refractivity contribution in [3.63, 3.8) is 0 Å². The number of aromatic nitrogens is 3. The van der Waals surface area contributed by atoms with Crippen LogP contribution < -0.4 is 5.73 Å². The van der Waals surface area contributed by atoms with Crippen molar-refractivity contribution in [2.24, 2.45) is 0 Å². The summed E-state index contributed by atoms with van der Waals surface area (Å²) in [5.41, 5.74) is 8.36. The van der Waals surface area contributed by atoms with E-state index in [2.05, 4.69) is 26.8 Å². The number of hydrogen-bond acceptors (Lipinski definition) is 6. The molecule has 4 rings (SSSR count). The molecular weight excluding hydrogens is 354 g/mol. The largest absolute Gasteiger partial charge is 0.382 e. The third-order valence-electron chi connectivity index (χ3n) is 4.89. The molecule has 0 bridgehead atoms. The highest BCUT2D eigenvalue weighted by Gasteiger charge is 2.42. The van der Waals surface area contributed by atoms with Gasteiger partial charge in [0.2, 0.25) is 5.60 Å². The molecular formula is C21H19N5O2. The first-order valence-electron chi connectivity index (χ1n) is 9.30. The van der Waals surface area contributed by atoms with Gasteiger partial charge in [-0.25, -0.2) is 15.0 Å². The van der Waals surface area contributed by atoms with E-state index in [1.54, 1.807) is 19.2 Å². The molecule has 1 saturated heterocycles. The lowest BCUT2D eigenvalue weighted by Gasteiger charge is -2.13. The van der Waals surface area contributed by atoms with Gasteiger partial charge in [-0.3, -0.25) is 4.79 Å². The highest BCUT2D eigenvalue weighted by atomic mass is 16.3. The van der Waals surface area contributed by atoms with Crippen molar-refractivity contribution in [3.8, 4) is 23.1 Å². The van der Waals surface area contributed by atoms with E-state index in [1.165, 1.54) is 4.90 Å². The summed E-state index contributed by atoms with van der Waals surface area (Å²) in [7, 11) is 1.65. The second-order valence-corrected chi connectivity index (χ2v) is 6.89.